The molecule has 4 aromatic rings. The summed E-state index contributed by atoms with van der Waals surface area (Å²) in [6.45, 7) is 4.15. The van der Waals surface area contributed by atoms with Gasteiger partial charge in [-0.3, -0.25) is 0 Å². The first-order valence-corrected chi connectivity index (χ1v) is 11.4. The van der Waals surface area contributed by atoms with E-state index in [1.54, 1.807) is 11.3 Å². The standard InChI is InChI=1S/C25H25N5S/c1-29-14-16-30(17-15-29)24-9-5-8-23(27-24)28-25-26-22(18-31-25)21-12-10-20(11-13-21)19-6-3-2-4-7-19/h2-13,18H,14-17H2,1H3,(H,26,27,28). The molecule has 5 rings (SSSR count). The van der Waals surface area contributed by atoms with Crippen molar-refractivity contribution in [3.8, 4) is 22.4 Å². The van der Waals surface area contributed by atoms with Crippen LogP contribution in [0.25, 0.3) is 22.4 Å². The summed E-state index contributed by atoms with van der Waals surface area (Å²) in [7, 11) is 2.16. The number of hydrogen-bond donors (Lipinski definition) is 1. The van der Waals surface area contributed by atoms with Gasteiger partial charge in [0.25, 0.3) is 0 Å². The van der Waals surface area contributed by atoms with Crippen LogP contribution >= 0.6 is 11.3 Å². The van der Waals surface area contributed by atoms with E-state index in [-0.39, 0.29) is 0 Å². The fourth-order valence-electron chi connectivity index (χ4n) is 3.74. The van der Waals surface area contributed by atoms with E-state index in [0.717, 1.165) is 54.2 Å². The molecule has 1 aliphatic rings. The van der Waals surface area contributed by atoms with E-state index in [1.165, 1.54) is 11.1 Å². The quantitative estimate of drug-likeness (QED) is 0.464. The number of aromatic nitrogens is 2. The maximum atomic E-state index is 4.81. The molecule has 0 saturated carbocycles. The van der Waals surface area contributed by atoms with E-state index in [2.05, 4.69) is 88.2 Å². The Balaban J connectivity index is 1.28. The predicted octanol–water partition coefficient (Wildman–Crippen LogP) is 5.37. The molecule has 0 amide bonds. The van der Waals surface area contributed by atoms with Crippen LogP contribution in [0.2, 0.25) is 0 Å². The first kappa shape index (κ1) is 19.7. The molecule has 5 nitrogen and oxygen atoms in total. The topological polar surface area (TPSA) is 44.3 Å². The highest BCUT2D eigenvalue weighted by molar-refractivity contribution is 7.14. The molecule has 0 radical (unpaired) electrons. The maximum absolute atomic E-state index is 4.81. The molecule has 0 spiro atoms. The number of thiazole rings is 1. The second-order valence-corrected chi connectivity index (χ2v) is 8.64. The summed E-state index contributed by atoms with van der Waals surface area (Å²) in [4.78, 5) is 14.3. The van der Waals surface area contributed by atoms with Crippen molar-refractivity contribution in [2.45, 2.75) is 0 Å². The highest BCUT2D eigenvalue weighted by atomic mass is 32.1. The Morgan fingerprint density at radius 2 is 1.45 bits per heavy atom. The molecule has 3 heterocycles. The van der Waals surface area contributed by atoms with Crippen LogP contribution in [0.5, 0.6) is 0 Å². The van der Waals surface area contributed by atoms with Gasteiger partial charge in [0.05, 0.1) is 5.69 Å². The number of hydrogen-bond acceptors (Lipinski definition) is 6. The summed E-state index contributed by atoms with van der Waals surface area (Å²) < 4.78 is 0. The minimum atomic E-state index is 0.830. The monoisotopic (exact) mass is 427 g/mol. The summed E-state index contributed by atoms with van der Waals surface area (Å²) in [5, 5.41) is 6.32. The number of likely N-dealkylation sites (N-methyl/N-ethyl adjacent to an activating group) is 1. The van der Waals surface area contributed by atoms with E-state index in [4.69, 9.17) is 9.97 Å². The molecule has 0 unspecified atom stereocenters. The van der Waals surface area contributed by atoms with Crippen molar-refractivity contribution in [3.05, 3.63) is 78.2 Å². The van der Waals surface area contributed by atoms with Gasteiger partial charge in [0.15, 0.2) is 5.13 Å². The Bertz CT molecular complexity index is 1130. The van der Waals surface area contributed by atoms with Crippen molar-refractivity contribution in [1.82, 2.24) is 14.9 Å². The Morgan fingerprint density at radius 3 is 2.23 bits per heavy atom. The van der Waals surface area contributed by atoms with Gasteiger partial charge in [-0.1, -0.05) is 60.7 Å². The molecule has 2 aromatic carbocycles. The lowest BCUT2D eigenvalue weighted by Crippen LogP contribution is -2.44. The number of pyridine rings is 1. The summed E-state index contributed by atoms with van der Waals surface area (Å²) in [5.41, 5.74) is 4.52. The van der Waals surface area contributed by atoms with Crippen molar-refractivity contribution in [2.24, 2.45) is 0 Å². The van der Waals surface area contributed by atoms with Crippen molar-refractivity contribution in [2.75, 3.05) is 43.4 Å². The minimum absolute atomic E-state index is 0.830. The van der Waals surface area contributed by atoms with Gasteiger partial charge in [0, 0.05) is 37.1 Å². The molecule has 0 atom stereocenters. The smallest absolute Gasteiger partial charge is 0.188 e. The van der Waals surface area contributed by atoms with Gasteiger partial charge in [0.1, 0.15) is 11.6 Å². The van der Waals surface area contributed by atoms with E-state index in [9.17, 15) is 0 Å². The zero-order valence-electron chi connectivity index (χ0n) is 17.5. The average Bonchev–Trinajstić information content (AvgIpc) is 3.29. The zero-order valence-corrected chi connectivity index (χ0v) is 18.3. The molecule has 1 fully saturated rings. The molecule has 2 aromatic heterocycles. The van der Waals surface area contributed by atoms with Crippen molar-refractivity contribution in [3.63, 3.8) is 0 Å². The van der Waals surface area contributed by atoms with Gasteiger partial charge in [0.2, 0.25) is 0 Å². The number of nitrogens with one attached hydrogen (secondary N) is 1. The third kappa shape index (κ3) is 4.60. The maximum Gasteiger partial charge on any atom is 0.188 e. The second kappa shape index (κ2) is 8.88. The van der Waals surface area contributed by atoms with Crippen molar-refractivity contribution >= 4 is 28.1 Å². The summed E-state index contributed by atoms with van der Waals surface area (Å²) in [6, 6.07) is 25.1. The van der Waals surface area contributed by atoms with Crippen molar-refractivity contribution in [1.29, 1.82) is 0 Å². The Kier molecular flexibility index (Phi) is 5.65. The highest BCUT2D eigenvalue weighted by Gasteiger charge is 2.15. The van der Waals surface area contributed by atoms with Gasteiger partial charge in [-0.05, 0) is 30.3 Å². The van der Waals surface area contributed by atoms with E-state index < -0.39 is 0 Å². The first-order valence-electron chi connectivity index (χ1n) is 10.5. The lowest BCUT2D eigenvalue weighted by atomic mass is 10.0. The molecule has 1 aliphatic heterocycles. The van der Waals surface area contributed by atoms with Crippen LogP contribution in [-0.2, 0) is 0 Å². The molecule has 0 bridgehead atoms. The molecule has 1 N–H and O–H groups in total. The Hall–Kier alpha value is -3.22. The minimum Gasteiger partial charge on any atom is -0.354 e. The second-order valence-electron chi connectivity index (χ2n) is 7.78. The lowest BCUT2D eigenvalue weighted by Gasteiger charge is -2.33. The third-order valence-corrected chi connectivity index (χ3v) is 6.35. The molecular formula is C25H25N5S. The third-order valence-electron chi connectivity index (χ3n) is 5.59. The number of nitrogens with zero attached hydrogens (tertiary/aromatic N) is 4. The number of rotatable bonds is 5. The summed E-state index contributed by atoms with van der Waals surface area (Å²) >= 11 is 1.60. The van der Waals surface area contributed by atoms with E-state index in [1.807, 2.05) is 12.1 Å². The van der Waals surface area contributed by atoms with Gasteiger partial charge in [-0.15, -0.1) is 11.3 Å². The van der Waals surface area contributed by atoms with Gasteiger partial charge < -0.3 is 15.1 Å². The van der Waals surface area contributed by atoms with Crippen LogP contribution in [0.15, 0.2) is 78.2 Å². The van der Waals surface area contributed by atoms with Gasteiger partial charge in [-0.2, -0.15) is 0 Å². The zero-order chi connectivity index (χ0) is 21.0. The Morgan fingerprint density at radius 1 is 0.742 bits per heavy atom. The summed E-state index contributed by atoms with van der Waals surface area (Å²) in [6.07, 6.45) is 0. The van der Waals surface area contributed by atoms with Gasteiger partial charge >= 0.3 is 0 Å². The number of anilines is 3. The molecule has 31 heavy (non-hydrogen) atoms. The first-order chi connectivity index (χ1) is 15.2. The number of benzene rings is 2. The average molecular weight is 428 g/mol. The normalized spacial score (nSPS) is 14.5. The lowest BCUT2D eigenvalue weighted by molar-refractivity contribution is 0.312. The predicted molar refractivity (Wildman–Crippen MR) is 130 cm³/mol. The molecule has 156 valence electrons. The van der Waals surface area contributed by atoms with Gasteiger partial charge in [-0.25, -0.2) is 9.97 Å². The van der Waals surface area contributed by atoms with Crippen LogP contribution in [-0.4, -0.2) is 48.1 Å². The fourth-order valence-corrected chi connectivity index (χ4v) is 4.47. The van der Waals surface area contributed by atoms with E-state index in [0.29, 0.717) is 0 Å². The van der Waals surface area contributed by atoms with Crippen LogP contribution in [0.4, 0.5) is 16.8 Å². The van der Waals surface area contributed by atoms with Crippen LogP contribution < -0.4 is 10.2 Å². The SMILES string of the molecule is CN1CCN(c2cccc(Nc3nc(-c4ccc(-c5ccccc5)cc4)cs3)n2)CC1. The van der Waals surface area contributed by atoms with Crippen LogP contribution in [0.1, 0.15) is 0 Å². The molecule has 0 aliphatic carbocycles. The largest absolute Gasteiger partial charge is 0.354 e. The molecule has 1 saturated heterocycles. The van der Waals surface area contributed by atoms with Crippen LogP contribution in [0.3, 0.4) is 0 Å². The molecular weight excluding hydrogens is 402 g/mol. The van der Waals surface area contributed by atoms with Crippen molar-refractivity contribution < 1.29 is 0 Å². The highest BCUT2D eigenvalue weighted by Crippen LogP contribution is 2.29. The van der Waals surface area contributed by atoms with Crippen LogP contribution in [0, 0.1) is 0 Å². The fraction of sp³-hybridized carbons (Fsp3) is 0.200. The summed E-state index contributed by atoms with van der Waals surface area (Å²) in [5.74, 6) is 1.85. The molecule has 6 heteroatoms. The Labute approximate surface area is 187 Å². The number of piperazine rings is 1. The van der Waals surface area contributed by atoms with E-state index >= 15 is 0 Å².